The first-order valence-corrected chi connectivity index (χ1v) is 5.02. The van der Waals surface area contributed by atoms with Gasteiger partial charge in [-0.15, -0.1) is 0 Å². The molecule has 0 aliphatic rings. The molecule has 0 fully saturated rings. The second-order valence-corrected chi connectivity index (χ2v) is 3.85. The van der Waals surface area contributed by atoms with E-state index < -0.39 is 0 Å². The molecule has 16 heavy (non-hydrogen) atoms. The summed E-state index contributed by atoms with van der Waals surface area (Å²) in [7, 11) is 1.83. The molecule has 2 rings (SSSR count). The van der Waals surface area contributed by atoms with Gasteiger partial charge in [-0.3, -0.25) is 4.79 Å². The number of anilines is 1. The number of imidazole rings is 1. The minimum atomic E-state index is -0.344. The summed E-state index contributed by atoms with van der Waals surface area (Å²) in [5.74, 6) is 0.535. The third kappa shape index (κ3) is 1.98. The second kappa shape index (κ2) is 3.84. The topological polar surface area (TPSA) is 75.0 Å². The van der Waals surface area contributed by atoms with Crippen molar-refractivity contribution in [3.8, 4) is 0 Å². The Balaban J connectivity index is 2.34. The van der Waals surface area contributed by atoms with Crippen LogP contribution in [0.3, 0.4) is 0 Å². The Labute approximate surface area is 93.3 Å². The number of benzene rings is 1. The van der Waals surface area contributed by atoms with E-state index in [1.54, 1.807) is 4.90 Å². The molecule has 0 aliphatic heterocycles. The Morgan fingerprint density at radius 3 is 3.00 bits per heavy atom. The SMILES string of the molecule is Cc1nc2ccc(N(C)CC(N)=O)cc2[nH]1. The van der Waals surface area contributed by atoms with Crippen molar-refractivity contribution in [3.63, 3.8) is 0 Å². The maximum atomic E-state index is 10.8. The fourth-order valence-electron chi connectivity index (χ4n) is 1.69. The molecule has 0 radical (unpaired) electrons. The van der Waals surface area contributed by atoms with Gasteiger partial charge in [0, 0.05) is 12.7 Å². The molecule has 84 valence electrons. The number of rotatable bonds is 3. The smallest absolute Gasteiger partial charge is 0.236 e. The van der Waals surface area contributed by atoms with Gasteiger partial charge in [0.05, 0.1) is 17.6 Å². The number of H-pyrrole nitrogens is 1. The average molecular weight is 218 g/mol. The minimum absolute atomic E-state index is 0.207. The van der Waals surface area contributed by atoms with Gasteiger partial charge in [-0.2, -0.15) is 0 Å². The zero-order valence-corrected chi connectivity index (χ0v) is 9.32. The number of hydrogen-bond donors (Lipinski definition) is 2. The van der Waals surface area contributed by atoms with E-state index in [0.29, 0.717) is 0 Å². The molecular formula is C11H14N4O. The van der Waals surface area contributed by atoms with Crippen LogP contribution in [0.5, 0.6) is 0 Å². The summed E-state index contributed by atoms with van der Waals surface area (Å²) < 4.78 is 0. The lowest BCUT2D eigenvalue weighted by molar-refractivity contribution is -0.116. The molecule has 1 heterocycles. The second-order valence-electron chi connectivity index (χ2n) is 3.85. The van der Waals surface area contributed by atoms with Crippen LogP contribution >= 0.6 is 0 Å². The normalized spacial score (nSPS) is 10.6. The number of carbonyl (C=O) groups excluding carboxylic acids is 1. The van der Waals surface area contributed by atoms with Gasteiger partial charge in [-0.1, -0.05) is 0 Å². The predicted molar refractivity (Wildman–Crippen MR) is 63.3 cm³/mol. The first-order chi connectivity index (χ1) is 7.56. The molecule has 0 spiro atoms. The van der Waals surface area contributed by atoms with Gasteiger partial charge in [-0.25, -0.2) is 4.98 Å². The first-order valence-electron chi connectivity index (χ1n) is 5.02. The van der Waals surface area contributed by atoms with E-state index in [0.717, 1.165) is 22.5 Å². The van der Waals surface area contributed by atoms with Gasteiger partial charge in [-0.05, 0) is 25.1 Å². The van der Waals surface area contributed by atoms with Gasteiger partial charge in [0.25, 0.3) is 0 Å². The molecule has 1 aromatic carbocycles. The van der Waals surface area contributed by atoms with Crippen molar-refractivity contribution in [2.24, 2.45) is 5.73 Å². The van der Waals surface area contributed by atoms with Crippen molar-refractivity contribution in [2.75, 3.05) is 18.5 Å². The number of nitrogens with zero attached hydrogens (tertiary/aromatic N) is 2. The van der Waals surface area contributed by atoms with Crippen molar-refractivity contribution in [3.05, 3.63) is 24.0 Å². The van der Waals surface area contributed by atoms with Gasteiger partial charge in [0.2, 0.25) is 5.91 Å². The highest BCUT2D eigenvalue weighted by atomic mass is 16.1. The number of nitrogens with two attached hydrogens (primary N) is 1. The zero-order valence-electron chi connectivity index (χ0n) is 9.32. The zero-order chi connectivity index (χ0) is 11.7. The lowest BCUT2D eigenvalue weighted by atomic mass is 10.2. The van der Waals surface area contributed by atoms with E-state index in [1.807, 2.05) is 32.2 Å². The Morgan fingerprint density at radius 2 is 2.31 bits per heavy atom. The average Bonchev–Trinajstić information content (AvgIpc) is 2.55. The number of primary amides is 1. The number of likely N-dealkylation sites (N-methyl/N-ethyl adjacent to an activating group) is 1. The summed E-state index contributed by atoms with van der Waals surface area (Å²) in [5, 5.41) is 0. The fourth-order valence-corrected chi connectivity index (χ4v) is 1.69. The largest absolute Gasteiger partial charge is 0.368 e. The van der Waals surface area contributed by atoms with Crippen LogP contribution in [0.15, 0.2) is 18.2 Å². The van der Waals surface area contributed by atoms with E-state index in [9.17, 15) is 4.79 Å². The monoisotopic (exact) mass is 218 g/mol. The van der Waals surface area contributed by atoms with Crippen molar-refractivity contribution in [1.29, 1.82) is 0 Å². The highest BCUT2D eigenvalue weighted by Crippen LogP contribution is 2.19. The molecule has 0 atom stereocenters. The highest BCUT2D eigenvalue weighted by Gasteiger charge is 2.06. The van der Waals surface area contributed by atoms with Gasteiger partial charge >= 0.3 is 0 Å². The summed E-state index contributed by atoms with van der Waals surface area (Å²) in [6.07, 6.45) is 0. The van der Waals surface area contributed by atoms with Crippen molar-refractivity contribution in [2.45, 2.75) is 6.92 Å². The van der Waals surface area contributed by atoms with E-state index in [4.69, 9.17) is 5.73 Å². The molecular weight excluding hydrogens is 204 g/mol. The van der Waals surface area contributed by atoms with Gasteiger partial charge in [0.1, 0.15) is 5.82 Å². The standard InChI is InChI=1S/C11H14N4O/c1-7-13-9-4-3-8(5-10(9)14-7)15(2)6-11(12)16/h3-5H,6H2,1-2H3,(H2,12,16)(H,13,14). The molecule has 0 saturated heterocycles. The Hall–Kier alpha value is -2.04. The Bertz CT molecular complexity index is 532. The van der Waals surface area contributed by atoms with E-state index in [1.165, 1.54) is 0 Å². The van der Waals surface area contributed by atoms with Crippen LogP contribution in [0.4, 0.5) is 5.69 Å². The van der Waals surface area contributed by atoms with Gasteiger partial charge in [0.15, 0.2) is 0 Å². The van der Waals surface area contributed by atoms with E-state index in [-0.39, 0.29) is 12.5 Å². The molecule has 1 amide bonds. The molecule has 1 aromatic heterocycles. The fraction of sp³-hybridized carbons (Fsp3) is 0.273. The molecule has 5 nitrogen and oxygen atoms in total. The third-order valence-electron chi connectivity index (χ3n) is 2.42. The molecule has 0 bridgehead atoms. The maximum Gasteiger partial charge on any atom is 0.236 e. The number of aromatic amines is 1. The summed E-state index contributed by atoms with van der Waals surface area (Å²) in [5.41, 5.74) is 7.98. The quantitative estimate of drug-likeness (QED) is 0.799. The Kier molecular flexibility index (Phi) is 2.52. The van der Waals surface area contributed by atoms with Crippen LogP contribution < -0.4 is 10.6 Å². The number of aromatic nitrogens is 2. The molecule has 5 heteroatoms. The number of amides is 1. The molecule has 0 saturated carbocycles. The lowest BCUT2D eigenvalue weighted by Gasteiger charge is -2.16. The van der Waals surface area contributed by atoms with Crippen molar-refractivity contribution >= 4 is 22.6 Å². The molecule has 3 N–H and O–H groups in total. The van der Waals surface area contributed by atoms with Gasteiger partial charge < -0.3 is 15.6 Å². The first kappa shape index (κ1) is 10.5. The third-order valence-corrected chi connectivity index (χ3v) is 2.42. The summed E-state index contributed by atoms with van der Waals surface area (Å²) in [4.78, 5) is 20.1. The number of aryl methyl sites for hydroxylation is 1. The number of hydrogen-bond acceptors (Lipinski definition) is 3. The Morgan fingerprint density at radius 1 is 1.56 bits per heavy atom. The summed E-state index contributed by atoms with van der Waals surface area (Å²) >= 11 is 0. The van der Waals surface area contributed by atoms with E-state index in [2.05, 4.69) is 9.97 Å². The number of carbonyl (C=O) groups is 1. The maximum absolute atomic E-state index is 10.8. The number of fused-ring (bicyclic) bond motifs is 1. The van der Waals surface area contributed by atoms with Crippen LogP contribution in [0.25, 0.3) is 11.0 Å². The lowest BCUT2D eigenvalue weighted by Crippen LogP contribution is -2.30. The minimum Gasteiger partial charge on any atom is -0.368 e. The van der Waals surface area contributed by atoms with Crippen molar-refractivity contribution < 1.29 is 4.79 Å². The molecule has 0 unspecified atom stereocenters. The number of nitrogens with one attached hydrogen (secondary N) is 1. The predicted octanol–water partition coefficient (Wildman–Crippen LogP) is 0.793. The molecule has 0 aliphatic carbocycles. The highest BCUT2D eigenvalue weighted by molar-refractivity contribution is 5.83. The van der Waals surface area contributed by atoms with Crippen LogP contribution in [0, 0.1) is 6.92 Å². The summed E-state index contributed by atoms with van der Waals surface area (Å²) in [6, 6.07) is 5.80. The van der Waals surface area contributed by atoms with Crippen LogP contribution in [0.1, 0.15) is 5.82 Å². The van der Waals surface area contributed by atoms with Crippen molar-refractivity contribution in [1.82, 2.24) is 9.97 Å². The molecule has 2 aromatic rings. The van der Waals surface area contributed by atoms with Crippen LogP contribution in [-0.2, 0) is 4.79 Å². The van der Waals surface area contributed by atoms with E-state index >= 15 is 0 Å². The van der Waals surface area contributed by atoms with Crippen LogP contribution in [-0.4, -0.2) is 29.5 Å². The van der Waals surface area contributed by atoms with Crippen LogP contribution in [0.2, 0.25) is 0 Å². The summed E-state index contributed by atoms with van der Waals surface area (Å²) in [6.45, 7) is 2.12.